The highest BCUT2D eigenvalue weighted by molar-refractivity contribution is 6.28. The van der Waals surface area contributed by atoms with Crippen LogP contribution in [0.25, 0.3) is 0 Å². The maximum absolute atomic E-state index is 5.98. The van der Waals surface area contributed by atoms with Crippen molar-refractivity contribution in [2.45, 2.75) is 19.8 Å². The molecule has 1 aromatic rings. The monoisotopic (exact) mass is 284 g/mol. The second kappa shape index (κ2) is 6.86. The fourth-order valence-corrected chi connectivity index (χ4v) is 2.20. The van der Waals surface area contributed by atoms with Crippen LogP contribution in [-0.4, -0.2) is 59.6 Å². The molecule has 0 bridgehead atoms. The van der Waals surface area contributed by atoms with Crippen LogP contribution in [0.5, 0.6) is 0 Å². The lowest BCUT2D eigenvalue weighted by Crippen LogP contribution is -2.30. The van der Waals surface area contributed by atoms with E-state index in [0.717, 1.165) is 45.6 Å². The summed E-state index contributed by atoms with van der Waals surface area (Å²) in [5, 5.41) is 3.41. The highest BCUT2D eigenvalue weighted by Gasteiger charge is 2.16. The van der Waals surface area contributed by atoms with Crippen LogP contribution in [0, 0.1) is 0 Å². The number of nitrogens with one attached hydrogen (secondary N) is 1. The smallest absolute Gasteiger partial charge is 0.231 e. The van der Waals surface area contributed by atoms with Gasteiger partial charge in [0.25, 0.3) is 0 Å². The molecule has 7 heteroatoms. The number of halogens is 1. The predicted molar refractivity (Wildman–Crippen MR) is 77.9 cm³/mol. The number of hydrogen-bond donors (Lipinski definition) is 1. The zero-order chi connectivity index (χ0) is 13.7. The summed E-state index contributed by atoms with van der Waals surface area (Å²) < 4.78 is 0. The molecule has 0 spiro atoms. The minimum absolute atomic E-state index is 0.251. The van der Waals surface area contributed by atoms with Crippen molar-refractivity contribution < 1.29 is 0 Å². The molecule has 0 saturated carbocycles. The van der Waals surface area contributed by atoms with E-state index < -0.39 is 0 Å². The van der Waals surface area contributed by atoms with E-state index in [4.69, 9.17) is 11.6 Å². The van der Waals surface area contributed by atoms with Gasteiger partial charge in [0.2, 0.25) is 17.2 Å². The molecule has 0 aliphatic carbocycles. The van der Waals surface area contributed by atoms with Crippen molar-refractivity contribution in [3.63, 3.8) is 0 Å². The van der Waals surface area contributed by atoms with Crippen LogP contribution in [0.4, 0.5) is 11.9 Å². The molecule has 0 atom stereocenters. The number of anilines is 2. The molecule has 0 aromatic carbocycles. The third-order valence-electron chi connectivity index (χ3n) is 3.13. The van der Waals surface area contributed by atoms with Gasteiger partial charge in [-0.2, -0.15) is 15.0 Å². The van der Waals surface area contributed by atoms with Crippen LogP contribution in [0.2, 0.25) is 5.28 Å². The molecule has 2 rings (SSSR count). The van der Waals surface area contributed by atoms with Crippen molar-refractivity contribution in [3.8, 4) is 0 Å². The molecule has 0 unspecified atom stereocenters. The van der Waals surface area contributed by atoms with Gasteiger partial charge >= 0.3 is 0 Å². The number of nitrogens with zero attached hydrogens (tertiary/aromatic N) is 5. The van der Waals surface area contributed by atoms with E-state index in [9.17, 15) is 0 Å². The molecule has 1 aromatic heterocycles. The number of hydrogen-bond acceptors (Lipinski definition) is 6. The van der Waals surface area contributed by atoms with Crippen molar-refractivity contribution in [2.75, 3.05) is 50.0 Å². The van der Waals surface area contributed by atoms with Gasteiger partial charge in [0.05, 0.1) is 0 Å². The maximum Gasteiger partial charge on any atom is 0.231 e. The minimum Gasteiger partial charge on any atom is -0.354 e. The van der Waals surface area contributed by atoms with Gasteiger partial charge in [0.15, 0.2) is 0 Å². The molecule has 0 radical (unpaired) electrons. The Kier molecular flexibility index (Phi) is 5.15. The SMILES string of the molecule is CCCNc1nc(Cl)nc(N2CCCN(C)CC2)n1. The van der Waals surface area contributed by atoms with Crippen LogP contribution < -0.4 is 10.2 Å². The van der Waals surface area contributed by atoms with Gasteiger partial charge in [0, 0.05) is 26.2 Å². The van der Waals surface area contributed by atoms with E-state index >= 15 is 0 Å². The number of likely N-dealkylation sites (N-methyl/N-ethyl adjacent to an activating group) is 1. The molecule has 0 amide bonds. The average molecular weight is 285 g/mol. The van der Waals surface area contributed by atoms with Crippen LogP contribution >= 0.6 is 11.6 Å². The normalized spacial score (nSPS) is 17.3. The molecule has 19 heavy (non-hydrogen) atoms. The molecule has 1 aliphatic rings. The van der Waals surface area contributed by atoms with Crippen molar-refractivity contribution >= 4 is 23.5 Å². The van der Waals surface area contributed by atoms with E-state index in [-0.39, 0.29) is 5.28 Å². The Hall–Kier alpha value is -1.14. The third-order valence-corrected chi connectivity index (χ3v) is 3.30. The second-order valence-electron chi connectivity index (χ2n) is 4.80. The molecule has 2 heterocycles. The first kappa shape index (κ1) is 14.3. The molecule has 1 N–H and O–H groups in total. The second-order valence-corrected chi connectivity index (χ2v) is 5.14. The zero-order valence-electron chi connectivity index (χ0n) is 11.6. The van der Waals surface area contributed by atoms with Crippen molar-refractivity contribution in [1.29, 1.82) is 0 Å². The average Bonchev–Trinajstić information content (AvgIpc) is 2.60. The summed E-state index contributed by atoms with van der Waals surface area (Å²) in [6.45, 7) is 6.93. The Labute approximate surface area is 119 Å². The predicted octanol–water partition coefficient (Wildman–Crippen LogP) is 1.49. The molecular formula is C12H21ClN6. The van der Waals surface area contributed by atoms with Gasteiger partial charge in [-0.15, -0.1) is 0 Å². The van der Waals surface area contributed by atoms with Crippen molar-refractivity contribution in [3.05, 3.63) is 5.28 Å². The van der Waals surface area contributed by atoms with E-state index in [1.165, 1.54) is 0 Å². The summed E-state index contributed by atoms with van der Waals surface area (Å²) in [5.74, 6) is 1.24. The lowest BCUT2D eigenvalue weighted by atomic mass is 10.4. The molecule has 1 fully saturated rings. The van der Waals surface area contributed by atoms with E-state index in [0.29, 0.717) is 11.9 Å². The quantitative estimate of drug-likeness (QED) is 0.904. The van der Waals surface area contributed by atoms with Crippen molar-refractivity contribution in [2.24, 2.45) is 0 Å². The molecule has 106 valence electrons. The molecule has 6 nitrogen and oxygen atoms in total. The van der Waals surface area contributed by atoms with Gasteiger partial charge in [-0.1, -0.05) is 6.92 Å². The Balaban J connectivity index is 2.11. The van der Waals surface area contributed by atoms with Crippen molar-refractivity contribution in [1.82, 2.24) is 19.9 Å². The molecular weight excluding hydrogens is 264 g/mol. The van der Waals surface area contributed by atoms with Gasteiger partial charge in [0.1, 0.15) is 0 Å². The van der Waals surface area contributed by atoms with Gasteiger partial charge in [-0.25, -0.2) is 0 Å². The van der Waals surface area contributed by atoms with Gasteiger partial charge in [-0.3, -0.25) is 0 Å². The first-order valence-corrected chi connectivity index (χ1v) is 7.15. The summed E-state index contributed by atoms with van der Waals surface area (Å²) in [4.78, 5) is 17.3. The number of aromatic nitrogens is 3. The van der Waals surface area contributed by atoms with Gasteiger partial charge in [-0.05, 0) is 38.0 Å². The highest BCUT2D eigenvalue weighted by Crippen LogP contribution is 2.15. The summed E-state index contributed by atoms with van der Waals surface area (Å²) >= 11 is 5.98. The van der Waals surface area contributed by atoms with Crippen LogP contribution in [0.15, 0.2) is 0 Å². The number of rotatable bonds is 4. The summed E-state index contributed by atoms with van der Waals surface area (Å²) in [6.07, 6.45) is 2.13. The maximum atomic E-state index is 5.98. The minimum atomic E-state index is 0.251. The van der Waals surface area contributed by atoms with Crippen LogP contribution in [-0.2, 0) is 0 Å². The standard InChI is InChI=1S/C12H21ClN6/c1-3-5-14-11-15-10(13)16-12(17-11)19-7-4-6-18(2)8-9-19/h3-9H2,1-2H3,(H,14,15,16,17). The summed E-state index contributed by atoms with van der Waals surface area (Å²) in [5.41, 5.74) is 0. The Bertz CT molecular complexity index is 413. The zero-order valence-corrected chi connectivity index (χ0v) is 12.3. The Morgan fingerprint density at radius 1 is 1.16 bits per heavy atom. The fraction of sp³-hybridized carbons (Fsp3) is 0.750. The molecule has 1 saturated heterocycles. The lowest BCUT2D eigenvalue weighted by molar-refractivity contribution is 0.360. The lowest BCUT2D eigenvalue weighted by Gasteiger charge is -2.20. The topological polar surface area (TPSA) is 57.2 Å². The largest absolute Gasteiger partial charge is 0.354 e. The molecule has 1 aliphatic heterocycles. The highest BCUT2D eigenvalue weighted by atomic mass is 35.5. The summed E-state index contributed by atoms with van der Waals surface area (Å²) in [6, 6.07) is 0. The van der Waals surface area contributed by atoms with E-state index in [1.807, 2.05) is 0 Å². The first-order chi connectivity index (χ1) is 9.19. The Morgan fingerprint density at radius 3 is 2.79 bits per heavy atom. The summed E-state index contributed by atoms with van der Waals surface area (Å²) in [7, 11) is 2.14. The first-order valence-electron chi connectivity index (χ1n) is 6.78. The van der Waals surface area contributed by atoms with Crippen LogP contribution in [0.1, 0.15) is 19.8 Å². The Morgan fingerprint density at radius 2 is 2.00 bits per heavy atom. The van der Waals surface area contributed by atoms with Gasteiger partial charge < -0.3 is 15.1 Å². The van der Waals surface area contributed by atoms with E-state index in [1.54, 1.807) is 0 Å². The van der Waals surface area contributed by atoms with Crippen LogP contribution in [0.3, 0.4) is 0 Å². The fourth-order valence-electron chi connectivity index (χ4n) is 2.04. The van der Waals surface area contributed by atoms with E-state index in [2.05, 4.69) is 44.0 Å². The third kappa shape index (κ3) is 4.18.